The van der Waals surface area contributed by atoms with Crippen LogP contribution < -0.4 is 20.3 Å². The minimum Gasteiger partial charge on any atom is -0.482 e. The number of nitrogens with one attached hydrogen (secondary N) is 2. The molecular formula is C19H23N5O4. The highest BCUT2D eigenvalue weighted by Gasteiger charge is 2.25. The van der Waals surface area contributed by atoms with Crippen molar-refractivity contribution < 1.29 is 19.1 Å². The topological polar surface area (TPSA) is 106 Å². The van der Waals surface area contributed by atoms with Gasteiger partial charge < -0.3 is 20.3 Å². The Bertz CT molecular complexity index is 921. The minimum atomic E-state index is -0.333. The largest absolute Gasteiger partial charge is 0.482 e. The first kappa shape index (κ1) is 19.4. The van der Waals surface area contributed by atoms with Crippen LogP contribution in [0, 0.1) is 13.8 Å². The Labute approximate surface area is 162 Å². The zero-order valence-corrected chi connectivity index (χ0v) is 16.1. The lowest BCUT2D eigenvalue weighted by atomic mass is 10.2. The van der Waals surface area contributed by atoms with Gasteiger partial charge in [0, 0.05) is 20.0 Å². The maximum Gasteiger partial charge on any atom is 0.265 e. The summed E-state index contributed by atoms with van der Waals surface area (Å²) in [6.45, 7) is 3.67. The third kappa shape index (κ3) is 4.13. The van der Waals surface area contributed by atoms with E-state index in [-0.39, 0.29) is 43.8 Å². The molecule has 0 aliphatic carbocycles. The zero-order valence-electron chi connectivity index (χ0n) is 16.1. The van der Waals surface area contributed by atoms with Gasteiger partial charge in [-0.3, -0.25) is 19.1 Å². The number of benzene rings is 1. The van der Waals surface area contributed by atoms with Crippen molar-refractivity contribution in [2.24, 2.45) is 7.05 Å². The van der Waals surface area contributed by atoms with Crippen LogP contribution >= 0.6 is 0 Å². The summed E-state index contributed by atoms with van der Waals surface area (Å²) in [5.74, 6) is -0.234. The SMILES string of the molecule is Cc1nn(C)c(C)c1NC(=O)CNC(=O)CCN1C(=O)COc2ccccc21. The molecule has 3 rings (SSSR count). The Balaban J connectivity index is 1.50. The van der Waals surface area contributed by atoms with Gasteiger partial charge in [0.2, 0.25) is 11.8 Å². The van der Waals surface area contributed by atoms with Crippen molar-refractivity contribution in [3.63, 3.8) is 0 Å². The number of aromatic nitrogens is 2. The average Bonchev–Trinajstić information content (AvgIpc) is 2.91. The van der Waals surface area contributed by atoms with Crippen LogP contribution in [0.15, 0.2) is 24.3 Å². The van der Waals surface area contributed by atoms with Gasteiger partial charge in [0.1, 0.15) is 5.75 Å². The number of carbonyl (C=O) groups is 3. The molecule has 3 amide bonds. The average molecular weight is 385 g/mol. The van der Waals surface area contributed by atoms with E-state index < -0.39 is 0 Å². The molecular weight excluding hydrogens is 362 g/mol. The third-order valence-electron chi connectivity index (χ3n) is 4.59. The molecule has 0 spiro atoms. The Kier molecular flexibility index (Phi) is 5.62. The fourth-order valence-electron chi connectivity index (χ4n) is 3.02. The molecule has 9 heteroatoms. The van der Waals surface area contributed by atoms with E-state index in [2.05, 4.69) is 15.7 Å². The van der Waals surface area contributed by atoms with Crippen molar-refractivity contribution in [3.05, 3.63) is 35.7 Å². The molecule has 2 aromatic rings. The maximum absolute atomic E-state index is 12.1. The number of rotatable bonds is 6. The van der Waals surface area contributed by atoms with Crippen molar-refractivity contribution >= 4 is 29.1 Å². The summed E-state index contributed by atoms with van der Waals surface area (Å²) in [6.07, 6.45) is 0.0816. The standard InChI is InChI=1S/C19H23N5O4/c1-12-19(13(2)23(3)22-12)21-17(26)10-20-16(25)8-9-24-14-6-4-5-7-15(14)28-11-18(24)27/h4-7H,8-11H2,1-3H3,(H,20,25)(H,21,26). The fourth-order valence-corrected chi connectivity index (χ4v) is 3.02. The smallest absolute Gasteiger partial charge is 0.265 e. The molecule has 1 aliphatic heterocycles. The second-order valence-corrected chi connectivity index (χ2v) is 6.55. The molecule has 1 aromatic heterocycles. The summed E-state index contributed by atoms with van der Waals surface area (Å²) in [5.41, 5.74) is 2.84. The van der Waals surface area contributed by atoms with Crippen LogP contribution in [0.2, 0.25) is 0 Å². The molecule has 0 saturated heterocycles. The lowest BCUT2D eigenvalue weighted by Gasteiger charge is -2.29. The highest BCUT2D eigenvalue weighted by molar-refractivity contribution is 5.99. The number of amides is 3. The van der Waals surface area contributed by atoms with Crippen molar-refractivity contribution in [1.29, 1.82) is 0 Å². The van der Waals surface area contributed by atoms with Crippen molar-refractivity contribution in [1.82, 2.24) is 15.1 Å². The molecule has 0 unspecified atom stereocenters. The van der Waals surface area contributed by atoms with Gasteiger partial charge in [-0.2, -0.15) is 5.10 Å². The highest BCUT2D eigenvalue weighted by atomic mass is 16.5. The molecule has 2 N–H and O–H groups in total. The number of ether oxygens (including phenoxy) is 1. The fraction of sp³-hybridized carbons (Fsp3) is 0.368. The summed E-state index contributed by atoms with van der Waals surface area (Å²) in [7, 11) is 1.80. The summed E-state index contributed by atoms with van der Waals surface area (Å²) in [5, 5.41) is 9.57. The lowest BCUT2D eigenvalue weighted by molar-refractivity contribution is -0.124. The van der Waals surface area contributed by atoms with Crippen LogP contribution in [-0.2, 0) is 21.4 Å². The maximum atomic E-state index is 12.1. The predicted octanol–water partition coefficient (Wildman–Crippen LogP) is 0.907. The molecule has 148 valence electrons. The van der Waals surface area contributed by atoms with E-state index in [1.54, 1.807) is 36.9 Å². The van der Waals surface area contributed by atoms with Gasteiger partial charge in [-0.05, 0) is 26.0 Å². The van der Waals surface area contributed by atoms with E-state index in [0.29, 0.717) is 22.8 Å². The van der Waals surface area contributed by atoms with Gasteiger partial charge >= 0.3 is 0 Å². The van der Waals surface area contributed by atoms with E-state index >= 15 is 0 Å². The molecule has 9 nitrogen and oxygen atoms in total. The van der Waals surface area contributed by atoms with Crippen LogP contribution in [0.25, 0.3) is 0 Å². The van der Waals surface area contributed by atoms with Gasteiger partial charge in [-0.1, -0.05) is 12.1 Å². The zero-order chi connectivity index (χ0) is 20.3. The molecule has 1 aromatic carbocycles. The Hall–Kier alpha value is -3.36. The van der Waals surface area contributed by atoms with Gasteiger partial charge in [0.05, 0.1) is 29.3 Å². The van der Waals surface area contributed by atoms with Crippen LogP contribution in [-0.4, -0.2) is 47.2 Å². The molecule has 1 aliphatic rings. The number of para-hydroxylation sites is 2. The second kappa shape index (κ2) is 8.12. The summed E-state index contributed by atoms with van der Waals surface area (Å²) in [6, 6.07) is 7.18. The first-order valence-corrected chi connectivity index (χ1v) is 8.95. The molecule has 0 saturated carbocycles. The summed E-state index contributed by atoms with van der Waals surface area (Å²) >= 11 is 0. The number of carbonyl (C=O) groups excluding carboxylic acids is 3. The van der Waals surface area contributed by atoms with E-state index in [0.717, 1.165) is 5.69 Å². The molecule has 0 radical (unpaired) electrons. The van der Waals surface area contributed by atoms with E-state index in [1.165, 1.54) is 4.90 Å². The molecule has 0 fully saturated rings. The summed E-state index contributed by atoms with van der Waals surface area (Å²) in [4.78, 5) is 37.9. The van der Waals surface area contributed by atoms with Crippen molar-refractivity contribution in [3.8, 4) is 5.75 Å². The number of fused-ring (bicyclic) bond motifs is 1. The van der Waals surface area contributed by atoms with Gasteiger partial charge in [-0.15, -0.1) is 0 Å². The van der Waals surface area contributed by atoms with E-state index in [4.69, 9.17) is 4.74 Å². The Morgan fingerprint density at radius 3 is 2.68 bits per heavy atom. The quantitative estimate of drug-likeness (QED) is 0.769. The van der Waals surface area contributed by atoms with Gasteiger partial charge in [-0.25, -0.2) is 0 Å². The minimum absolute atomic E-state index is 0.0507. The Morgan fingerprint density at radius 2 is 1.96 bits per heavy atom. The number of anilines is 2. The normalized spacial score (nSPS) is 13.0. The third-order valence-corrected chi connectivity index (χ3v) is 4.59. The van der Waals surface area contributed by atoms with E-state index in [9.17, 15) is 14.4 Å². The highest BCUT2D eigenvalue weighted by Crippen LogP contribution is 2.31. The van der Waals surface area contributed by atoms with Crippen LogP contribution in [0.3, 0.4) is 0 Å². The monoisotopic (exact) mass is 385 g/mol. The lowest BCUT2D eigenvalue weighted by Crippen LogP contribution is -2.41. The molecule has 2 heterocycles. The first-order chi connectivity index (χ1) is 13.4. The van der Waals surface area contributed by atoms with Crippen LogP contribution in [0.5, 0.6) is 5.75 Å². The summed E-state index contributed by atoms with van der Waals surface area (Å²) < 4.78 is 7.06. The van der Waals surface area contributed by atoms with Gasteiger partial charge in [0.25, 0.3) is 5.91 Å². The number of hydrogen-bond donors (Lipinski definition) is 2. The first-order valence-electron chi connectivity index (χ1n) is 8.95. The number of hydrogen-bond acceptors (Lipinski definition) is 5. The van der Waals surface area contributed by atoms with Crippen molar-refractivity contribution in [2.75, 3.05) is 29.9 Å². The van der Waals surface area contributed by atoms with Crippen molar-refractivity contribution in [2.45, 2.75) is 20.3 Å². The number of nitrogens with zero attached hydrogens (tertiary/aromatic N) is 3. The van der Waals surface area contributed by atoms with Crippen LogP contribution in [0.4, 0.5) is 11.4 Å². The molecule has 0 atom stereocenters. The second-order valence-electron chi connectivity index (χ2n) is 6.55. The molecule has 28 heavy (non-hydrogen) atoms. The van der Waals surface area contributed by atoms with E-state index in [1.807, 2.05) is 13.0 Å². The Morgan fingerprint density at radius 1 is 1.21 bits per heavy atom. The predicted molar refractivity (Wildman–Crippen MR) is 103 cm³/mol. The van der Waals surface area contributed by atoms with Crippen LogP contribution in [0.1, 0.15) is 17.8 Å². The van der Waals surface area contributed by atoms with Gasteiger partial charge in [0.15, 0.2) is 6.61 Å². The number of aryl methyl sites for hydroxylation is 2. The molecule has 0 bridgehead atoms.